The monoisotopic (exact) mass is 708 g/mol. The summed E-state index contributed by atoms with van der Waals surface area (Å²) in [6.07, 6.45) is 2.43. The van der Waals surface area contributed by atoms with E-state index in [1.54, 1.807) is 0 Å². The van der Waals surface area contributed by atoms with Crippen molar-refractivity contribution in [3.05, 3.63) is 239 Å². The Morgan fingerprint density at radius 3 is 1.36 bits per heavy atom. The van der Waals surface area contributed by atoms with Gasteiger partial charge in [-0.3, -0.25) is 0 Å². The van der Waals surface area contributed by atoms with E-state index >= 15 is 0 Å². The number of hydrogen-bond donors (Lipinski definition) is 0. The Labute approximate surface area is 324 Å². The molecule has 0 N–H and O–H groups in total. The number of rotatable bonds is 1. The summed E-state index contributed by atoms with van der Waals surface area (Å²) in [6.45, 7) is 0. The van der Waals surface area contributed by atoms with Crippen LogP contribution in [0.4, 0.5) is 0 Å². The van der Waals surface area contributed by atoms with E-state index < -0.39 is 10.8 Å². The summed E-state index contributed by atoms with van der Waals surface area (Å²) >= 11 is 0. The molecule has 4 aliphatic rings. The first kappa shape index (κ1) is 29.2. The van der Waals surface area contributed by atoms with Gasteiger partial charge in [0.2, 0.25) is 0 Å². The first-order valence-corrected chi connectivity index (χ1v) is 19.7. The Hall–Kier alpha value is -7.16. The van der Waals surface area contributed by atoms with Gasteiger partial charge in [-0.25, -0.2) is 0 Å². The van der Waals surface area contributed by atoms with Gasteiger partial charge in [0.15, 0.2) is 0 Å². The molecule has 0 fully saturated rings. The molecule has 258 valence electrons. The van der Waals surface area contributed by atoms with Crippen molar-refractivity contribution >= 4 is 21.8 Å². The average molecular weight is 709 g/mol. The molecule has 2 heteroatoms. The van der Waals surface area contributed by atoms with E-state index in [2.05, 4.69) is 203 Å². The number of hydrogen-bond acceptors (Lipinski definition) is 0. The Kier molecular flexibility index (Phi) is 5.18. The fourth-order valence-electron chi connectivity index (χ4n) is 11.9. The van der Waals surface area contributed by atoms with Crippen molar-refractivity contribution in [1.29, 1.82) is 0 Å². The van der Waals surface area contributed by atoms with Crippen molar-refractivity contribution in [2.24, 2.45) is 0 Å². The van der Waals surface area contributed by atoms with Gasteiger partial charge in [0.25, 0.3) is 0 Å². The average Bonchev–Trinajstić information content (AvgIpc) is 4.07. The molecule has 0 bridgehead atoms. The summed E-state index contributed by atoms with van der Waals surface area (Å²) in [6, 6.07) is 71.0. The highest BCUT2D eigenvalue weighted by molar-refractivity contribution is 6.13. The molecule has 0 unspecified atom stereocenters. The van der Waals surface area contributed by atoms with Gasteiger partial charge in [0, 0.05) is 22.7 Å². The molecule has 2 nitrogen and oxygen atoms in total. The molecular formula is C54H32N2. The summed E-state index contributed by atoms with van der Waals surface area (Å²) in [5.74, 6) is 0. The van der Waals surface area contributed by atoms with Gasteiger partial charge in [0.05, 0.1) is 33.2 Å². The summed E-state index contributed by atoms with van der Waals surface area (Å²) in [4.78, 5) is 0. The Morgan fingerprint density at radius 1 is 0.339 bits per heavy atom. The highest BCUT2D eigenvalue weighted by atomic mass is 15.1. The van der Waals surface area contributed by atoms with Crippen molar-refractivity contribution in [3.8, 4) is 44.8 Å². The predicted molar refractivity (Wildman–Crippen MR) is 227 cm³/mol. The first-order valence-electron chi connectivity index (χ1n) is 19.7. The van der Waals surface area contributed by atoms with Crippen molar-refractivity contribution in [2.75, 3.05) is 0 Å². The van der Waals surface area contributed by atoms with Crippen molar-refractivity contribution in [2.45, 2.75) is 10.8 Å². The number of aromatic nitrogens is 2. The summed E-state index contributed by atoms with van der Waals surface area (Å²) in [5, 5.41) is 2.55. The summed E-state index contributed by atoms with van der Waals surface area (Å²) in [7, 11) is 0. The minimum atomic E-state index is -0.477. The number of fused-ring (bicyclic) bond motifs is 24. The highest BCUT2D eigenvalue weighted by Crippen LogP contribution is 2.64. The van der Waals surface area contributed by atoms with Gasteiger partial charge < -0.3 is 9.13 Å². The molecule has 10 aromatic rings. The van der Waals surface area contributed by atoms with Crippen LogP contribution in [0.3, 0.4) is 0 Å². The quantitative estimate of drug-likeness (QED) is 0.161. The van der Waals surface area contributed by atoms with Crippen LogP contribution in [0.2, 0.25) is 0 Å². The molecule has 0 atom stereocenters. The lowest BCUT2D eigenvalue weighted by molar-refractivity contribution is 0.770. The van der Waals surface area contributed by atoms with Gasteiger partial charge in [-0.15, -0.1) is 0 Å². The Balaban J connectivity index is 1.14. The van der Waals surface area contributed by atoms with E-state index in [9.17, 15) is 0 Å². The van der Waals surface area contributed by atoms with Gasteiger partial charge >= 0.3 is 0 Å². The number of nitrogens with zero attached hydrogens (tertiary/aromatic N) is 2. The summed E-state index contributed by atoms with van der Waals surface area (Å²) < 4.78 is 5.12. The van der Waals surface area contributed by atoms with Crippen LogP contribution >= 0.6 is 0 Å². The molecule has 2 spiro atoms. The zero-order valence-electron chi connectivity index (χ0n) is 30.4. The van der Waals surface area contributed by atoms with Crippen LogP contribution in [0.1, 0.15) is 44.6 Å². The molecule has 3 aliphatic carbocycles. The topological polar surface area (TPSA) is 9.86 Å². The highest BCUT2D eigenvalue weighted by Gasteiger charge is 2.55. The van der Waals surface area contributed by atoms with Crippen LogP contribution in [0.15, 0.2) is 194 Å². The Bertz CT molecular complexity index is 3280. The molecule has 0 radical (unpaired) electrons. The lowest BCUT2D eigenvalue weighted by atomic mass is 9.70. The standard InChI is InChI=1S/C54H32N2/c1-7-21-42-34(15-1)35-16-2-8-22-43(35)53(42)44-23-9-3-19-38(44)39-30-29-33(31-48(39)53)56-49-27-13-6-20-40(49)41-32-55-50-28-14-12-26-47(50)54(52(55)51(41)56)45-24-10-4-17-36(45)37-18-5-11-25-46(37)54/h1-32H. The third kappa shape index (κ3) is 3.08. The minimum Gasteiger partial charge on any atom is -0.316 e. The maximum Gasteiger partial charge on any atom is 0.0910 e. The molecule has 0 saturated carbocycles. The largest absolute Gasteiger partial charge is 0.316 e. The van der Waals surface area contributed by atoms with Crippen molar-refractivity contribution in [3.63, 3.8) is 0 Å². The van der Waals surface area contributed by atoms with E-state index in [1.807, 2.05) is 0 Å². The van der Waals surface area contributed by atoms with Crippen LogP contribution in [0, 0.1) is 0 Å². The number of benzene rings is 8. The predicted octanol–water partition coefficient (Wildman–Crippen LogP) is 12.6. The van der Waals surface area contributed by atoms with Crippen LogP contribution in [-0.2, 0) is 10.8 Å². The van der Waals surface area contributed by atoms with E-state index in [-0.39, 0.29) is 0 Å². The molecule has 2 aromatic heterocycles. The second-order valence-electron chi connectivity index (χ2n) is 15.9. The number of para-hydroxylation sites is 2. The minimum absolute atomic E-state index is 0.416. The van der Waals surface area contributed by atoms with E-state index in [0.29, 0.717) is 0 Å². The smallest absolute Gasteiger partial charge is 0.0910 e. The van der Waals surface area contributed by atoms with Gasteiger partial charge in [-0.05, 0) is 96.6 Å². The van der Waals surface area contributed by atoms with E-state index in [4.69, 9.17) is 0 Å². The molecule has 0 amide bonds. The van der Waals surface area contributed by atoms with Crippen molar-refractivity contribution in [1.82, 2.24) is 9.13 Å². The molecule has 14 rings (SSSR count). The SMILES string of the molecule is c1ccc2c(c1)-c1ccccc1C21c2ccccc2-c2ccc(-n3c4ccccc4c4cn5c(c43)C3(c4ccccc4-c4ccccc43)c3ccccc3-5)cc21. The van der Waals surface area contributed by atoms with Crippen LogP contribution in [0.5, 0.6) is 0 Å². The van der Waals surface area contributed by atoms with Gasteiger partial charge in [0.1, 0.15) is 0 Å². The third-order valence-electron chi connectivity index (χ3n) is 13.8. The second kappa shape index (κ2) is 9.92. The second-order valence-corrected chi connectivity index (χ2v) is 15.9. The fraction of sp³-hybridized carbons (Fsp3) is 0.0370. The molecule has 8 aromatic carbocycles. The van der Waals surface area contributed by atoms with Crippen LogP contribution in [0.25, 0.3) is 66.6 Å². The fourth-order valence-corrected chi connectivity index (χ4v) is 11.9. The van der Waals surface area contributed by atoms with Gasteiger partial charge in [-0.1, -0.05) is 164 Å². The normalized spacial score (nSPS) is 15.1. The lowest BCUT2D eigenvalue weighted by Crippen LogP contribution is -2.27. The molecular weight excluding hydrogens is 677 g/mol. The zero-order valence-corrected chi connectivity index (χ0v) is 30.4. The lowest BCUT2D eigenvalue weighted by Gasteiger charge is -2.31. The summed E-state index contributed by atoms with van der Waals surface area (Å²) in [5.41, 5.74) is 22.8. The maximum absolute atomic E-state index is 2.59. The Morgan fingerprint density at radius 2 is 0.786 bits per heavy atom. The molecule has 0 saturated heterocycles. The zero-order chi connectivity index (χ0) is 36.3. The first-order chi connectivity index (χ1) is 27.8. The maximum atomic E-state index is 2.59. The molecule has 3 heterocycles. The molecule has 1 aliphatic heterocycles. The third-order valence-corrected chi connectivity index (χ3v) is 13.8. The van der Waals surface area contributed by atoms with Crippen molar-refractivity contribution < 1.29 is 0 Å². The van der Waals surface area contributed by atoms with E-state index in [1.165, 1.54) is 111 Å². The van der Waals surface area contributed by atoms with Crippen LogP contribution in [-0.4, -0.2) is 9.13 Å². The van der Waals surface area contributed by atoms with E-state index in [0.717, 1.165) is 0 Å². The molecule has 56 heavy (non-hydrogen) atoms. The van der Waals surface area contributed by atoms with Gasteiger partial charge in [-0.2, -0.15) is 0 Å². The van der Waals surface area contributed by atoms with Crippen LogP contribution < -0.4 is 0 Å².